The van der Waals surface area contributed by atoms with Gasteiger partial charge in [-0.2, -0.15) is 0 Å². The predicted molar refractivity (Wildman–Crippen MR) is 73.7 cm³/mol. The van der Waals surface area contributed by atoms with Crippen LogP contribution in [0.25, 0.3) is 0 Å². The minimum Gasteiger partial charge on any atom is -0.504 e. The first kappa shape index (κ1) is 12.3. The van der Waals surface area contributed by atoms with Gasteiger partial charge in [0.25, 0.3) is 5.88 Å². The van der Waals surface area contributed by atoms with Crippen molar-refractivity contribution in [3.63, 3.8) is 0 Å². The van der Waals surface area contributed by atoms with E-state index in [-0.39, 0.29) is 5.76 Å². The SMILES string of the molecule is Cc1noc(N=C2C=C(O)C(=O)c3ccccc32)c1C. The number of carbonyl (C=O) groups is 1. The maximum atomic E-state index is 11.9. The molecule has 5 nitrogen and oxygen atoms in total. The van der Waals surface area contributed by atoms with Crippen LogP contribution in [0.4, 0.5) is 5.88 Å². The Hall–Kier alpha value is -2.69. The number of allylic oxidation sites excluding steroid dienone is 2. The highest BCUT2D eigenvalue weighted by Crippen LogP contribution is 2.26. The number of Topliss-reactive ketones (excluding diaryl/α,β-unsaturated/α-hetero) is 1. The van der Waals surface area contributed by atoms with Gasteiger partial charge in [0.1, 0.15) is 0 Å². The first-order valence-corrected chi connectivity index (χ1v) is 6.14. The number of rotatable bonds is 1. The molecule has 0 saturated carbocycles. The van der Waals surface area contributed by atoms with E-state index in [1.54, 1.807) is 18.2 Å². The molecule has 1 aliphatic carbocycles. The second-order valence-corrected chi connectivity index (χ2v) is 4.60. The fraction of sp³-hybridized carbons (Fsp3) is 0.133. The Morgan fingerprint density at radius 1 is 1.20 bits per heavy atom. The third-order valence-corrected chi connectivity index (χ3v) is 3.31. The van der Waals surface area contributed by atoms with Gasteiger partial charge in [0.05, 0.1) is 11.4 Å². The fourth-order valence-corrected chi connectivity index (χ4v) is 2.02. The summed E-state index contributed by atoms with van der Waals surface area (Å²) in [6.07, 6.45) is 1.35. The van der Waals surface area contributed by atoms with E-state index >= 15 is 0 Å². The average molecular weight is 268 g/mol. The highest BCUT2D eigenvalue weighted by atomic mass is 16.5. The third-order valence-electron chi connectivity index (χ3n) is 3.31. The molecule has 1 heterocycles. The number of nitrogens with zero attached hydrogens (tertiary/aromatic N) is 2. The average Bonchev–Trinajstić information content (AvgIpc) is 2.76. The Morgan fingerprint density at radius 3 is 2.55 bits per heavy atom. The topological polar surface area (TPSA) is 75.7 Å². The number of carbonyl (C=O) groups excluding carboxylic acids is 1. The smallest absolute Gasteiger partial charge is 0.254 e. The lowest BCUT2D eigenvalue weighted by atomic mass is 9.93. The summed E-state index contributed by atoms with van der Waals surface area (Å²) in [5.74, 6) is -0.341. The molecule has 0 unspecified atom stereocenters. The van der Waals surface area contributed by atoms with Crippen LogP contribution in [0.15, 0.2) is 45.6 Å². The van der Waals surface area contributed by atoms with Gasteiger partial charge in [0, 0.05) is 22.8 Å². The molecule has 1 N–H and O–H groups in total. The normalized spacial score (nSPS) is 16.2. The lowest BCUT2D eigenvalue weighted by Gasteiger charge is -2.13. The summed E-state index contributed by atoms with van der Waals surface area (Å²) in [6.45, 7) is 3.68. The number of aliphatic hydroxyl groups is 1. The largest absolute Gasteiger partial charge is 0.504 e. The van der Waals surface area contributed by atoms with Crippen molar-refractivity contribution in [2.45, 2.75) is 13.8 Å². The standard InChI is InChI=1S/C15H12N2O3/c1-8-9(2)17-20-15(8)16-12-7-13(18)14(19)11-6-4-3-5-10(11)12/h3-7,18H,1-2H3. The molecule has 0 amide bonds. The first-order valence-electron chi connectivity index (χ1n) is 6.14. The summed E-state index contributed by atoms with van der Waals surface area (Å²) >= 11 is 0. The van der Waals surface area contributed by atoms with Crippen LogP contribution in [0.2, 0.25) is 0 Å². The Bertz CT molecular complexity index is 769. The van der Waals surface area contributed by atoms with Gasteiger partial charge in [-0.1, -0.05) is 29.4 Å². The van der Waals surface area contributed by atoms with Crippen LogP contribution >= 0.6 is 0 Å². The molecular formula is C15H12N2O3. The van der Waals surface area contributed by atoms with Gasteiger partial charge in [-0.05, 0) is 13.8 Å². The minimum absolute atomic E-state index is 0.323. The number of fused-ring (bicyclic) bond motifs is 1. The highest BCUT2D eigenvalue weighted by molar-refractivity contribution is 6.25. The van der Waals surface area contributed by atoms with Crippen molar-refractivity contribution >= 4 is 17.4 Å². The van der Waals surface area contributed by atoms with Crippen LogP contribution in [0.3, 0.4) is 0 Å². The zero-order valence-corrected chi connectivity index (χ0v) is 11.0. The van der Waals surface area contributed by atoms with E-state index in [1.165, 1.54) is 6.08 Å². The number of hydrogen-bond acceptors (Lipinski definition) is 5. The van der Waals surface area contributed by atoms with E-state index < -0.39 is 5.78 Å². The molecule has 100 valence electrons. The highest BCUT2D eigenvalue weighted by Gasteiger charge is 2.24. The predicted octanol–water partition coefficient (Wildman–Crippen LogP) is 3.05. The fourth-order valence-electron chi connectivity index (χ4n) is 2.02. The molecule has 0 atom stereocenters. The zero-order chi connectivity index (χ0) is 14.3. The maximum Gasteiger partial charge on any atom is 0.254 e. The molecule has 0 fully saturated rings. The van der Waals surface area contributed by atoms with Gasteiger partial charge in [-0.25, -0.2) is 4.99 Å². The molecule has 20 heavy (non-hydrogen) atoms. The van der Waals surface area contributed by atoms with Crippen LogP contribution in [-0.4, -0.2) is 21.8 Å². The minimum atomic E-state index is -0.398. The van der Waals surface area contributed by atoms with E-state index in [2.05, 4.69) is 10.1 Å². The molecule has 1 aliphatic rings. The van der Waals surface area contributed by atoms with Crippen LogP contribution in [-0.2, 0) is 0 Å². The van der Waals surface area contributed by atoms with Crippen molar-refractivity contribution < 1.29 is 14.4 Å². The van der Waals surface area contributed by atoms with Crippen LogP contribution in [0.5, 0.6) is 0 Å². The van der Waals surface area contributed by atoms with Gasteiger partial charge in [-0.3, -0.25) is 4.79 Å². The molecule has 0 spiro atoms. The molecule has 3 rings (SSSR count). The molecule has 0 radical (unpaired) electrons. The molecule has 0 saturated heterocycles. The van der Waals surface area contributed by atoms with E-state index in [0.717, 1.165) is 11.3 Å². The Labute approximate surface area is 115 Å². The second-order valence-electron chi connectivity index (χ2n) is 4.60. The van der Waals surface area contributed by atoms with E-state index in [1.807, 2.05) is 19.9 Å². The quantitative estimate of drug-likeness (QED) is 0.862. The molecule has 5 heteroatoms. The zero-order valence-electron chi connectivity index (χ0n) is 11.0. The van der Waals surface area contributed by atoms with E-state index in [0.29, 0.717) is 22.7 Å². The molecule has 1 aromatic carbocycles. The van der Waals surface area contributed by atoms with E-state index in [4.69, 9.17) is 4.52 Å². The summed E-state index contributed by atoms with van der Waals surface area (Å²) in [6, 6.07) is 7.01. The molecular weight excluding hydrogens is 256 g/mol. The first-order chi connectivity index (χ1) is 9.58. The summed E-state index contributed by atoms with van der Waals surface area (Å²) in [5, 5.41) is 13.6. The van der Waals surface area contributed by atoms with Crippen LogP contribution < -0.4 is 0 Å². The summed E-state index contributed by atoms with van der Waals surface area (Å²) in [7, 11) is 0. The van der Waals surface area contributed by atoms with Gasteiger partial charge in [-0.15, -0.1) is 0 Å². The number of benzene rings is 1. The van der Waals surface area contributed by atoms with Gasteiger partial charge >= 0.3 is 0 Å². The second kappa shape index (κ2) is 4.45. The van der Waals surface area contributed by atoms with Crippen molar-refractivity contribution in [3.8, 4) is 0 Å². The Balaban J connectivity index is 2.19. The van der Waals surface area contributed by atoms with Crippen molar-refractivity contribution in [2.24, 2.45) is 4.99 Å². The van der Waals surface area contributed by atoms with Crippen molar-refractivity contribution in [2.75, 3.05) is 0 Å². The molecule has 0 bridgehead atoms. The molecule has 1 aromatic heterocycles. The lowest BCUT2D eigenvalue weighted by Crippen LogP contribution is -2.17. The summed E-state index contributed by atoms with van der Waals surface area (Å²) in [5.41, 5.74) is 3.18. The number of aliphatic hydroxyl groups excluding tert-OH is 1. The van der Waals surface area contributed by atoms with E-state index in [9.17, 15) is 9.90 Å². The van der Waals surface area contributed by atoms with Crippen molar-refractivity contribution in [1.82, 2.24) is 5.16 Å². The van der Waals surface area contributed by atoms with Gasteiger partial charge < -0.3 is 9.63 Å². The number of hydrogen-bond donors (Lipinski definition) is 1. The number of ketones is 1. The maximum absolute atomic E-state index is 11.9. The number of aliphatic imine (C=N–C) groups is 1. The summed E-state index contributed by atoms with van der Waals surface area (Å²) < 4.78 is 5.14. The van der Waals surface area contributed by atoms with Gasteiger partial charge in [0.15, 0.2) is 5.76 Å². The monoisotopic (exact) mass is 268 g/mol. The van der Waals surface area contributed by atoms with Crippen molar-refractivity contribution in [3.05, 3.63) is 58.5 Å². The number of aromatic nitrogens is 1. The molecule has 0 aliphatic heterocycles. The number of aryl methyl sites for hydroxylation is 1. The van der Waals surface area contributed by atoms with Crippen LogP contribution in [0, 0.1) is 13.8 Å². The third kappa shape index (κ3) is 1.84. The molecule has 2 aromatic rings. The summed E-state index contributed by atoms with van der Waals surface area (Å²) in [4.78, 5) is 16.2. The Morgan fingerprint density at radius 2 is 1.90 bits per heavy atom. The van der Waals surface area contributed by atoms with Crippen molar-refractivity contribution in [1.29, 1.82) is 0 Å². The van der Waals surface area contributed by atoms with Crippen LogP contribution in [0.1, 0.15) is 27.2 Å². The Kier molecular flexibility index (Phi) is 2.75. The van der Waals surface area contributed by atoms with Gasteiger partial charge in [0.2, 0.25) is 5.78 Å². The lowest BCUT2D eigenvalue weighted by molar-refractivity contribution is 0.0976.